The van der Waals surface area contributed by atoms with Crippen molar-refractivity contribution in [2.75, 3.05) is 20.2 Å². The van der Waals surface area contributed by atoms with Gasteiger partial charge in [-0.15, -0.1) is 0 Å². The maximum absolute atomic E-state index is 13.2. The van der Waals surface area contributed by atoms with Crippen molar-refractivity contribution in [2.45, 2.75) is 52.2 Å². The van der Waals surface area contributed by atoms with Crippen LogP contribution >= 0.6 is 0 Å². The van der Waals surface area contributed by atoms with Gasteiger partial charge in [-0.2, -0.15) is 5.10 Å². The van der Waals surface area contributed by atoms with Crippen LogP contribution in [0.1, 0.15) is 56.1 Å². The van der Waals surface area contributed by atoms with Crippen molar-refractivity contribution in [3.8, 4) is 22.7 Å². The highest BCUT2D eigenvalue weighted by atomic mass is 16.6. The van der Waals surface area contributed by atoms with Crippen molar-refractivity contribution in [1.82, 2.24) is 20.0 Å². The second-order valence-electron chi connectivity index (χ2n) is 9.93. The van der Waals surface area contributed by atoms with E-state index in [0.29, 0.717) is 12.2 Å². The SMILES string of the molecule is COc1ccc(-n2nc(C(=O)N3CCCCC3)cc2-c2ccc(CNC(=O)OC(C)(C)C)cc2)cc1. The normalized spacial score (nSPS) is 13.8. The number of hydrogen-bond donors (Lipinski definition) is 1. The third-order valence-corrected chi connectivity index (χ3v) is 5.97. The molecular weight excluding hydrogens is 456 g/mol. The minimum atomic E-state index is -0.545. The molecule has 190 valence electrons. The fraction of sp³-hybridized carbons (Fsp3) is 0.393. The van der Waals surface area contributed by atoms with Crippen molar-refractivity contribution in [1.29, 1.82) is 0 Å². The molecule has 1 aliphatic rings. The minimum absolute atomic E-state index is 0.0404. The summed E-state index contributed by atoms with van der Waals surface area (Å²) in [4.78, 5) is 27.1. The van der Waals surface area contributed by atoms with Crippen LogP contribution in [0.15, 0.2) is 54.6 Å². The van der Waals surface area contributed by atoms with Crippen molar-refractivity contribution < 1.29 is 19.1 Å². The number of nitrogens with zero attached hydrogens (tertiary/aromatic N) is 3. The summed E-state index contributed by atoms with van der Waals surface area (Å²) in [7, 11) is 1.63. The first-order valence-electron chi connectivity index (χ1n) is 12.3. The highest BCUT2D eigenvalue weighted by molar-refractivity contribution is 5.93. The Hall–Kier alpha value is -3.81. The van der Waals surface area contributed by atoms with Crippen LogP contribution in [0, 0.1) is 0 Å². The van der Waals surface area contributed by atoms with Crippen LogP contribution in [0.5, 0.6) is 5.75 Å². The van der Waals surface area contributed by atoms with Crippen molar-refractivity contribution >= 4 is 12.0 Å². The lowest BCUT2D eigenvalue weighted by Crippen LogP contribution is -2.35. The summed E-state index contributed by atoms with van der Waals surface area (Å²) in [6.45, 7) is 7.38. The van der Waals surface area contributed by atoms with Gasteiger partial charge in [0.1, 0.15) is 11.4 Å². The summed E-state index contributed by atoms with van der Waals surface area (Å²) in [6.07, 6.45) is 2.75. The summed E-state index contributed by atoms with van der Waals surface area (Å²) in [5.74, 6) is 0.709. The van der Waals surface area contributed by atoms with E-state index in [2.05, 4.69) is 5.32 Å². The number of ether oxygens (including phenoxy) is 2. The smallest absolute Gasteiger partial charge is 0.407 e. The molecule has 4 rings (SSSR count). The number of alkyl carbamates (subject to hydrolysis) is 1. The number of amides is 2. The van der Waals surface area contributed by atoms with Crippen LogP contribution in [0.3, 0.4) is 0 Å². The Balaban J connectivity index is 1.59. The van der Waals surface area contributed by atoms with Gasteiger partial charge in [-0.3, -0.25) is 4.79 Å². The molecule has 2 aromatic carbocycles. The van der Waals surface area contributed by atoms with Gasteiger partial charge in [0.2, 0.25) is 0 Å². The minimum Gasteiger partial charge on any atom is -0.497 e. The Morgan fingerprint density at radius 2 is 1.64 bits per heavy atom. The van der Waals surface area contributed by atoms with Gasteiger partial charge in [-0.25, -0.2) is 9.48 Å². The average molecular weight is 491 g/mol. The van der Waals surface area contributed by atoms with E-state index in [1.165, 1.54) is 0 Å². The lowest BCUT2D eigenvalue weighted by atomic mass is 10.1. The molecular formula is C28H34N4O4. The number of hydrogen-bond acceptors (Lipinski definition) is 5. The van der Waals surface area contributed by atoms with Gasteiger partial charge in [0.15, 0.2) is 5.69 Å². The maximum atomic E-state index is 13.2. The van der Waals surface area contributed by atoms with Gasteiger partial charge in [0, 0.05) is 25.2 Å². The third-order valence-electron chi connectivity index (χ3n) is 5.97. The molecule has 0 aliphatic carbocycles. The molecule has 8 heteroatoms. The predicted octanol–water partition coefficient (Wildman–Crippen LogP) is 5.20. The molecule has 0 saturated carbocycles. The average Bonchev–Trinajstić information content (AvgIpc) is 3.32. The number of nitrogens with one attached hydrogen (secondary N) is 1. The van der Waals surface area contributed by atoms with E-state index in [1.807, 2.05) is 80.3 Å². The molecule has 0 radical (unpaired) electrons. The zero-order chi connectivity index (χ0) is 25.7. The lowest BCUT2D eigenvalue weighted by molar-refractivity contribution is 0.0523. The second kappa shape index (κ2) is 10.8. The molecule has 0 unspecified atom stereocenters. The number of methoxy groups -OCH3 is 1. The summed E-state index contributed by atoms with van der Waals surface area (Å²) >= 11 is 0. The summed E-state index contributed by atoms with van der Waals surface area (Å²) in [5, 5.41) is 7.49. The largest absolute Gasteiger partial charge is 0.497 e. The van der Waals surface area contributed by atoms with E-state index in [4.69, 9.17) is 14.6 Å². The number of aromatic nitrogens is 2. The molecule has 0 spiro atoms. The van der Waals surface area contributed by atoms with E-state index >= 15 is 0 Å². The Morgan fingerprint density at radius 1 is 0.972 bits per heavy atom. The van der Waals surface area contributed by atoms with Crippen molar-refractivity contribution in [3.63, 3.8) is 0 Å². The highest BCUT2D eigenvalue weighted by Gasteiger charge is 2.23. The second-order valence-corrected chi connectivity index (χ2v) is 9.93. The molecule has 1 fully saturated rings. The molecule has 2 heterocycles. The molecule has 8 nitrogen and oxygen atoms in total. The summed E-state index contributed by atoms with van der Waals surface area (Å²) < 4.78 is 12.4. The topological polar surface area (TPSA) is 85.7 Å². The number of piperidine rings is 1. The predicted molar refractivity (Wildman–Crippen MR) is 138 cm³/mol. The Morgan fingerprint density at radius 3 is 2.25 bits per heavy atom. The van der Waals surface area contributed by atoms with Crippen LogP contribution in [0.2, 0.25) is 0 Å². The Bertz CT molecular complexity index is 1190. The van der Waals surface area contributed by atoms with E-state index in [0.717, 1.165) is 60.6 Å². The van der Waals surface area contributed by atoms with Crippen LogP contribution < -0.4 is 10.1 Å². The zero-order valence-corrected chi connectivity index (χ0v) is 21.4. The van der Waals surface area contributed by atoms with Gasteiger partial charge < -0.3 is 19.7 Å². The number of carbonyl (C=O) groups excluding carboxylic acids is 2. The van der Waals surface area contributed by atoms with Gasteiger partial charge >= 0.3 is 6.09 Å². The number of likely N-dealkylation sites (tertiary alicyclic amines) is 1. The molecule has 1 aliphatic heterocycles. The molecule has 1 aromatic heterocycles. The van der Waals surface area contributed by atoms with Gasteiger partial charge in [0.25, 0.3) is 5.91 Å². The van der Waals surface area contributed by atoms with E-state index < -0.39 is 11.7 Å². The lowest BCUT2D eigenvalue weighted by Gasteiger charge is -2.25. The van der Waals surface area contributed by atoms with Crippen LogP contribution in [0.25, 0.3) is 16.9 Å². The van der Waals surface area contributed by atoms with E-state index in [1.54, 1.807) is 11.8 Å². The molecule has 36 heavy (non-hydrogen) atoms. The van der Waals surface area contributed by atoms with Crippen molar-refractivity contribution in [2.24, 2.45) is 0 Å². The van der Waals surface area contributed by atoms with E-state index in [9.17, 15) is 9.59 Å². The molecule has 1 N–H and O–H groups in total. The summed E-state index contributed by atoms with van der Waals surface area (Å²) in [6, 6.07) is 17.3. The first-order valence-corrected chi connectivity index (χ1v) is 12.3. The van der Waals surface area contributed by atoms with E-state index in [-0.39, 0.29) is 5.91 Å². The monoisotopic (exact) mass is 490 g/mol. The molecule has 0 atom stereocenters. The Kier molecular flexibility index (Phi) is 7.62. The summed E-state index contributed by atoms with van der Waals surface area (Å²) in [5.41, 5.74) is 3.38. The fourth-order valence-electron chi connectivity index (χ4n) is 4.15. The fourth-order valence-corrected chi connectivity index (χ4v) is 4.15. The highest BCUT2D eigenvalue weighted by Crippen LogP contribution is 2.27. The van der Waals surface area contributed by atoms with Crippen LogP contribution in [0.4, 0.5) is 4.79 Å². The molecule has 3 aromatic rings. The zero-order valence-electron chi connectivity index (χ0n) is 21.4. The number of carbonyl (C=O) groups is 2. The first-order chi connectivity index (χ1) is 17.2. The van der Waals surface area contributed by atoms with Gasteiger partial charge in [-0.05, 0) is 75.9 Å². The van der Waals surface area contributed by atoms with Crippen molar-refractivity contribution in [3.05, 3.63) is 65.9 Å². The molecule has 2 amide bonds. The molecule has 1 saturated heterocycles. The standard InChI is InChI=1S/C28H34N4O4/c1-28(2,3)36-27(34)29-19-20-8-10-21(11-9-20)25-18-24(26(33)31-16-6-5-7-17-31)30-32(25)22-12-14-23(35-4)15-13-22/h8-15,18H,5-7,16-17,19H2,1-4H3,(H,29,34). The molecule has 0 bridgehead atoms. The number of rotatable bonds is 6. The Labute approximate surface area is 212 Å². The number of benzene rings is 2. The first kappa shape index (κ1) is 25.3. The third kappa shape index (κ3) is 6.24. The maximum Gasteiger partial charge on any atom is 0.407 e. The van der Waals surface area contributed by atoms with Crippen LogP contribution in [-0.4, -0.2) is 52.5 Å². The van der Waals surface area contributed by atoms with Crippen LogP contribution in [-0.2, 0) is 11.3 Å². The van der Waals surface area contributed by atoms with Gasteiger partial charge in [0.05, 0.1) is 18.5 Å². The quantitative estimate of drug-likeness (QED) is 0.513. The van der Waals surface area contributed by atoms with Gasteiger partial charge in [-0.1, -0.05) is 24.3 Å².